The van der Waals surface area contributed by atoms with E-state index in [-0.39, 0.29) is 6.04 Å². The minimum Gasteiger partial charge on any atom is -0.481 e. The monoisotopic (exact) mass is 159 g/mol. The zero-order chi connectivity index (χ0) is 9.02. The molecule has 0 saturated carbocycles. The number of hydrogen-bond donors (Lipinski definition) is 2. The Bertz CT molecular complexity index is 134. The van der Waals surface area contributed by atoms with Crippen LogP contribution in [0.2, 0.25) is 0 Å². The minimum atomic E-state index is -0.807. The number of rotatable bonds is 4. The standard InChI is InChI=1S/C8H17NO2/c1-5(2)4-7(9)6(3)8(10)11/h5-7H,4,9H2,1-3H3,(H,10,11). The highest BCUT2D eigenvalue weighted by molar-refractivity contribution is 5.70. The van der Waals surface area contributed by atoms with Crippen LogP contribution in [-0.2, 0) is 4.79 Å². The summed E-state index contributed by atoms with van der Waals surface area (Å²) in [6.45, 7) is 5.72. The van der Waals surface area contributed by atoms with Crippen molar-refractivity contribution in [1.29, 1.82) is 0 Å². The molecule has 0 rings (SSSR count). The average Bonchev–Trinajstić information content (AvgIpc) is 1.84. The van der Waals surface area contributed by atoms with Gasteiger partial charge in [-0.3, -0.25) is 4.79 Å². The second-order valence-corrected chi connectivity index (χ2v) is 3.42. The molecule has 0 bridgehead atoms. The van der Waals surface area contributed by atoms with Crippen LogP contribution in [0.5, 0.6) is 0 Å². The van der Waals surface area contributed by atoms with Crippen molar-refractivity contribution in [3.8, 4) is 0 Å². The molecule has 0 aromatic rings. The van der Waals surface area contributed by atoms with E-state index in [9.17, 15) is 4.79 Å². The van der Waals surface area contributed by atoms with Crippen LogP contribution < -0.4 is 5.73 Å². The first-order chi connectivity index (χ1) is 4.95. The smallest absolute Gasteiger partial charge is 0.307 e. The molecular formula is C8H17NO2. The number of hydrogen-bond acceptors (Lipinski definition) is 2. The van der Waals surface area contributed by atoms with Crippen LogP contribution in [0, 0.1) is 11.8 Å². The average molecular weight is 159 g/mol. The highest BCUT2D eigenvalue weighted by atomic mass is 16.4. The molecule has 3 heteroatoms. The van der Waals surface area contributed by atoms with Gasteiger partial charge in [-0.15, -0.1) is 0 Å². The van der Waals surface area contributed by atoms with Gasteiger partial charge in [0, 0.05) is 6.04 Å². The second kappa shape index (κ2) is 4.34. The first-order valence-electron chi connectivity index (χ1n) is 3.93. The maximum absolute atomic E-state index is 10.4. The molecule has 0 saturated heterocycles. The Morgan fingerprint density at radius 3 is 2.18 bits per heavy atom. The molecule has 0 amide bonds. The molecule has 0 radical (unpaired) electrons. The van der Waals surface area contributed by atoms with Gasteiger partial charge in [0.05, 0.1) is 5.92 Å². The fourth-order valence-electron chi connectivity index (χ4n) is 0.932. The van der Waals surface area contributed by atoms with Crippen molar-refractivity contribution in [1.82, 2.24) is 0 Å². The van der Waals surface area contributed by atoms with E-state index in [2.05, 4.69) is 0 Å². The quantitative estimate of drug-likeness (QED) is 0.645. The van der Waals surface area contributed by atoms with Gasteiger partial charge < -0.3 is 10.8 Å². The van der Waals surface area contributed by atoms with Crippen molar-refractivity contribution < 1.29 is 9.90 Å². The normalized spacial score (nSPS) is 16.5. The van der Waals surface area contributed by atoms with Crippen molar-refractivity contribution in [2.45, 2.75) is 33.2 Å². The molecule has 11 heavy (non-hydrogen) atoms. The fourth-order valence-corrected chi connectivity index (χ4v) is 0.932. The van der Waals surface area contributed by atoms with Gasteiger partial charge >= 0.3 is 5.97 Å². The van der Waals surface area contributed by atoms with Gasteiger partial charge in [-0.1, -0.05) is 20.8 Å². The van der Waals surface area contributed by atoms with E-state index in [1.165, 1.54) is 0 Å². The van der Waals surface area contributed by atoms with Crippen molar-refractivity contribution >= 4 is 5.97 Å². The molecule has 3 N–H and O–H groups in total. The van der Waals surface area contributed by atoms with Gasteiger partial charge in [0.2, 0.25) is 0 Å². The summed E-state index contributed by atoms with van der Waals surface area (Å²) >= 11 is 0. The zero-order valence-corrected chi connectivity index (χ0v) is 7.37. The Morgan fingerprint density at radius 2 is 1.91 bits per heavy atom. The number of aliphatic carboxylic acids is 1. The maximum atomic E-state index is 10.4. The van der Waals surface area contributed by atoms with Gasteiger partial charge in [-0.25, -0.2) is 0 Å². The molecule has 0 spiro atoms. The van der Waals surface area contributed by atoms with Crippen LogP contribution in [0.15, 0.2) is 0 Å². The lowest BCUT2D eigenvalue weighted by Gasteiger charge is -2.17. The van der Waals surface area contributed by atoms with Crippen molar-refractivity contribution in [3.63, 3.8) is 0 Å². The van der Waals surface area contributed by atoms with Crippen LogP contribution in [0.4, 0.5) is 0 Å². The Hall–Kier alpha value is -0.570. The molecule has 0 aliphatic rings. The summed E-state index contributed by atoms with van der Waals surface area (Å²) in [6.07, 6.45) is 0.771. The summed E-state index contributed by atoms with van der Waals surface area (Å²) in [5, 5.41) is 8.59. The Balaban J connectivity index is 3.82. The van der Waals surface area contributed by atoms with Crippen molar-refractivity contribution in [2.24, 2.45) is 17.6 Å². The molecule has 0 aromatic carbocycles. The Morgan fingerprint density at radius 1 is 1.45 bits per heavy atom. The van der Waals surface area contributed by atoms with Crippen LogP contribution in [0.3, 0.4) is 0 Å². The molecule has 3 nitrogen and oxygen atoms in total. The minimum absolute atomic E-state index is 0.215. The Labute approximate surface area is 67.6 Å². The number of carboxylic acid groups (broad SMARTS) is 1. The third-order valence-electron chi connectivity index (χ3n) is 1.78. The summed E-state index contributed by atoms with van der Waals surface area (Å²) in [6, 6.07) is -0.215. The summed E-state index contributed by atoms with van der Waals surface area (Å²) in [5.41, 5.74) is 5.64. The lowest BCUT2D eigenvalue weighted by molar-refractivity contribution is -0.141. The van der Waals surface area contributed by atoms with E-state index in [0.717, 1.165) is 6.42 Å². The summed E-state index contributed by atoms with van der Waals surface area (Å²) in [7, 11) is 0. The van der Waals surface area contributed by atoms with Gasteiger partial charge in [0.15, 0.2) is 0 Å². The van der Waals surface area contributed by atoms with Crippen molar-refractivity contribution in [2.75, 3.05) is 0 Å². The van der Waals surface area contributed by atoms with Gasteiger partial charge in [-0.2, -0.15) is 0 Å². The summed E-state index contributed by atoms with van der Waals surface area (Å²) < 4.78 is 0. The topological polar surface area (TPSA) is 63.3 Å². The van der Waals surface area contributed by atoms with E-state index < -0.39 is 11.9 Å². The largest absolute Gasteiger partial charge is 0.481 e. The number of carbonyl (C=O) groups is 1. The first kappa shape index (κ1) is 10.4. The van der Waals surface area contributed by atoms with Crippen LogP contribution in [0.25, 0.3) is 0 Å². The van der Waals surface area contributed by atoms with Crippen LogP contribution in [-0.4, -0.2) is 17.1 Å². The number of carboxylic acids is 1. The molecule has 0 aliphatic carbocycles. The van der Waals surface area contributed by atoms with E-state index in [0.29, 0.717) is 5.92 Å². The van der Waals surface area contributed by atoms with Crippen molar-refractivity contribution in [3.05, 3.63) is 0 Å². The third kappa shape index (κ3) is 3.98. The highest BCUT2D eigenvalue weighted by Gasteiger charge is 2.20. The number of nitrogens with two attached hydrogens (primary N) is 1. The highest BCUT2D eigenvalue weighted by Crippen LogP contribution is 2.10. The maximum Gasteiger partial charge on any atom is 0.307 e. The third-order valence-corrected chi connectivity index (χ3v) is 1.78. The molecule has 0 aromatic heterocycles. The van der Waals surface area contributed by atoms with E-state index in [1.54, 1.807) is 6.92 Å². The second-order valence-electron chi connectivity index (χ2n) is 3.42. The Kier molecular flexibility index (Phi) is 4.11. The van der Waals surface area contributed by atoms with Gasteiger partial charge in [-0.05, 0) is 12.3 Å². The van der Waals surface area contributed by atoms with E-state index >= 15 is 0 Å². The SMILES string of the molecule is CC(C)CC(N)C(C)C(=O)O. The molecule has 0 heterocycles. The predicted molar refractivity (Wildman–Crippen MR) is 44.2 cm³/mol. The summed E-state index contributed by atoms with van der Waals surface area (Å²) in [5.74, 6) is -0.776. The molecule has 2 unspecified atom stereocenters. The predicted octanol–water partition coefficient (Wildman–Crippen LogP) is 1.08. The molecule has 2 atom stereocenters. The van der Waals surface area contributed by atoms with Crippen LogP contribution >= 0.6 is 0 Å². The summed E-state index contributed by atoms with van der Waals surface area (Å²) in [4.78, 5) is 10.4. The molecular weight excluding hydrogens is 142 g/mol. The molecule has 66 valence electrons. The van der Waals surface area contributed by atoms with Gasteiger partial charge in [0.1, 0.15) is 0 Å². The van der Waals surface area contributed by atoms with E-state index in [4.69, 9.17) is 10.8 Å². The lowest BCUT2D eigenvalue weighted by atomic mass is 9.94. The first-order valence-corrected chi connectivity index (χ1v) is 3.93. The molecule has 0 aliphatic heterocycles. The van der Waals surface area contributed by atoms with Gasteiger partial charge in [0.25, 0.3) is 0 Å². The molecule has 0 fully saturated rings. The zero-order valence-electron chi connectivity index (χ0n) is 7.37. The van der Waals surface area contributed by atoms with Crippen LogP contribution in [0.1, 0.15) is 27.2 Å². The fraction of sp³-hybridized carbons (Fsp3) is 0.875. The van der Waals surface area contributed by atoms with E-state index in [1.807, 2.05) is 13.8 Å². The lowest BCUT2D eigenvalue weighted by Crippen LogP contribution is -2.34.